The van der Waals surface area contributed by atoms with Gasteiger partial charge in [-0.2, -0.15) is 0 Å². The molecule has 1 aromatic rings. The van der Waals surface area contributed by atoms with Crippen LogP contribution in [0.2, 0.25) is 0 Å². The van der Waals surface area contributed by atoms with Crippen LogP contribution in [0.25, 0.3) is 0 Å². The molecule has 2 amide bonds. The van der Waals surface area contributed by atoms with E-state index in [2.05, 4.69) is 16.0 Å². The number of amides is 2. The first kappa shape index (κ1) is 17.2. The van der Waals surface area contributed by atoms with Crippen molar-refractivity contribution in [3.05, 3.63) is 29.8 Å². The molecular weight excluding hydrogens is 266 g/mol. The first-order valence-electron chi connectivity index (χ1n) is 7.28. The minimum absolute atomic E-state index is 0.0144. The van der Waals surface area contributed by atoms with E-state index in [-0.39, 0.29) is 17.9 Å². The highest BCUT2D eigenvalue weighted by atomic mass is 16.2. The molecule has 1 unspecified atom stereocenters. The van der Waals surface area contributed by atoms with Gasteiger partial charge in [0, 0.05) is 31.6 Å². The molecular formula is C16H25N3O2. The molecule has 3 N–H and O–H groups in total. The molecule has 0 saturated heterocycles. The Balaban J connectivity index is 2.52. The third-order valence-electron chi connectivity index (χ3n) is 2.99. The summed E-state index contributed by atoms with van der Waals surface area (Å²) < 4.78 is 0. The SMILES string of the molecule is CC(=O)Nc1cccc(C(C)NC(=O)CCNC(C)C)c1. The van der Waals surface area contributed by atoms with Gasteiger partial charge in [-0.15, -0.1) is 0 Å². The van der Waals surface area contributed by atoms with Gasteiger partial charge < -0.3 is 16.0 Å². The van der Waals surface area contributed by atoms with Gasteiger partial charge in [0.15, 0.2) is 0 Å². The first-order chi connectivity index (χ1) is 9.88. The molecule has 0 aromatic heterocycles. The van der Waals surface area contributed by atoms with Crippen molar-refractivity contribution in [2.75, 3.05) is 11.9 Å². The standard InChI is InChI=1S/C16H25N3O2/c1-11(2)17-9-8-16(21)18-12(3)14-6-5-7-15(10-14)19-13(4)20/h5-7,10-12,17H,8-9H2,1-4H3,(H,18,21)(H,19,20). The molecule has 0 aliphatic rings. The average Bonchev–Trinajstić information content (AvgIpc) is 2.37. The highest BCUT2D eigenvalue weighted by Gasteiger charge is 2.10. The van der Waals surface area contributed by atoms with Crippen molar-refractivity contribution in [1.29, 1.82) is 0 Å². The van der Waals surface area contributed by atoms with Gasteiger partial charge in [0.25, 0.3) is 0 Å². The van der Waals surface area contributed by atoms with Crippen molar-refractivity contribution in [3.63, 3.8) is 0 Å². The van der Waals surface area contributed by atoms with Crippen LogP contribution < -0.4 is 16.0 Å². The molecule has 0 bridgehead atoms. The second kappa shape index (κ2) is 8.42. The average molecular weight is 291 g/mol. The van der Waals surface area contributed by atoms with Gasteiger partial charge in [0.1, 0.15) is 0 Å². The summed E-state index contributed by atoms with van der Waals surface area (Å²) in [5.74, 6) is -0.0934. The van der Waals surface area contributed by atoms with Crippen LogP contribution in [0, 0.1) is 0 Å². The molecule has 1 aromatic carbocycles. The molecule has 0 aliphatic carbocycles. The Kier molecular flexibility index (Phi) is 6.88. The van der Waals surface area contributed by atoms with Crippen molar-refractivity contribution in [3.8, 4) is 0 Å². The third kappa shape index (κ3) is 6.90. The molecule has 0 saturated carbocycles. The Morgan fingerprint density at radius 2 is 1.90 bits per heavy atom. The van der Waals surface area contributed by atoms with Gasteiger partial charge >= 0.3 is 0 Å². The minimum Gasteiger partial charge on any atom is -0.350 e. The zero-order chi connectivity index (χ0) is 15.8. The molecule has 116 valence electrons. The topological polar surface area (TPSA) is 70.2 Å². The Labute approximate surface area is 126 Å². The van der Waals surface area contributed by atoms with Crippen molar-refractivity contribution in [2.24, 2.45) is 0 Å². The largest absolute Gasteiger partial charge is 0.350 e. The molecule has 0 fully saturated rings. The van der Waals surface area contributed by atoms with Crippen LogP contribution in [0.15, 0.2) is 24.3 Å². The number of anilines is 1. The van der Waals surface area contributed by atoms with Gasteiger partial charge in [-0.05, 0) is 24.6 Å². The predicted octanol–water partition coefficient (Wildman–Crippen LogP) is 2.21. The summed E-state index contributed by atoms with van der Waals surface area (Å²) in [6, 6.07) is 7.78. The van der Waals surface area contributed by atoms with Gasteiger partial charge in [0.2, 0.25) is 11.8 Å². The Hall–Kier alpha value is -1.88. The van der Waals surface area contributed by atoms with E-state index in [9.17, 15) is 9.59 Å². The number of rotatable bonds is 7. The fraction of sp³-hybridized carbons (Fsp3) is 0.500. The van der Waals surface area contributed by atoms with Crippen molar-refractivity contribution >= 4 is 17.5 Å². The van der Waals surface area contributed by atoms with Crippen LogP contribution in [0.5, 0.6) is 0 Å². The smallest absolute Gasteiger partial charge is 0.221 e. The Bertz CT molecular complexity index is 486. The summed E-state index contributed by atoms with van der Waals surface area (Å²) in [6.07, 6.45) is 0.452. The number of hydrogen-bond donors (Lipinski definition) is 3. The van der Waals surface area contributed by atoms with E-state index in [1.165, 1.54) is 6.92 Å². The number of carbonyl (C=O) groups is 2. The predicted molar refractivity (Wildman–Crippen MR) is 85.1 cm³/mol. The maximum atomic E-state index is 11.9. The summed E-state index contributed by atoms with van der Waals surface area (Å²) in [7, 11) is 0. The summed E-state index contributed by atoms with van der Waals surface area (Å²) in [5.41, 5.74) is 1.70. The summed E-state index contributed by atoms with van der Waals surface area (Å²) in [6.45, 7) is 8.17. The van der Waals surface area contributed by atoms with Crippen LogP contribution in [0.1, 0.15) is 45.7 Å². The molecule has 1 rings (SSSR count). The van der Waals surface area contributed by atoms with Crippen molar-refractivity contribution in [1.82, 2.24) is 10.6 Å². The van der Waals surface area contributed by atoms with Crippen molar-refractivity contribution < 1.29 is 9.59 Å². The molecule has 21 heavy (non-hydrogen) atoms. The number of nitrogens with one attached hydrogen (secondary N) is 3. The second-order valence-electron chi connectivity index (χ2n) is 5.45. The third-order valence-corrected chi connectivity index (χ3v) is 2.99. The van der Waals surface area contributed by atoms with E-state index < -0.39 is 0 Å². The van der Waals surface area contributed by atoms with Crippen LogP contribution in [-0.4, -0.2) is 24.4 Å². The lowest BCUT2D eigenvalue weighted by Crippen LogP contribution is -2.32. The van der Waals surface area contributed by atoms with E-state index in [1.807, 2.05) is 45.0 Å². The molecule has 0 aliphatic heterocycles. The van der Waals surface area contributed by atoms with Crippen molar-refractivity contribution in [2.45, 2.75) is 46.2 Å². The van der Waals surface area contributed by atoms with E-state index >= 15 is 0 Å². The second-order valence-corrected chi connectivity index (χ2v) is 5.45. The lowest BCUT2D eigenvalue weighted by Gasteiger charge is -2.16. The van der Waals surface area contributed by atoms with Gasteiger partial charge in [-0.3, -0.25) is 9.59 Å². The number of hydrogen-bond acceptors (Lipinski definition) is 3. The lowest BCUT2D eigenvalue weighted by molar-refractivity contribution is -0.121. The highest BCUT2D eigenvalue weighted by molar-refractivity contribution is 5.88. The Morgan fingerprint density at radius 1 is 1.19 bits per heavy atom. The zero-order valence-corrected chi connectivity index (χ0v) is 13.2. The normalized spacial score (nSPS) is 12.0. The van der Waals surface area contributed by atoms with Crippen LogP contribution in [-0.2, 0) is 9.59 Å². The maximum Gasteiger partial charge on any atom is 0.221 e. The summed E-state index contributed by atoms with van der Waals surface area (Å²) in [5, 5.41) is 8.91. The molecule has 1 atom stereocenters. The van der Waals surface area contributed by atoms with E-state index in [4.69, 9.17) is 0 Å². The number of carbonyl (C=O) groups excluding carboxylic acids is 2. The van der Waals surface area contributed by atoms with Gasteiger partial charge in [0.05, 0.1) is 6.04 Å². The van der Waals surface area contributed by atoms with Crippen LogP contribution in [0.3, 0.4) is 0 Å². The monoisotopic (exact) mass is 291 g/mol. The summed E-state index contributed by atoms with van der Waals surface area (Å²) in [4.78, 5) is 22.9. The zero-order valence-electron chi connectivity index (χ0n) is 13.2. The molecule has 0 heterocycles. The van der Waals surface area contributed by atoms with Gasteiger partial charge in [-0.25, -0.2) is 0 Å². The fourth-order valence-electron chi connectivity index (χ4n) is 1.96. The first-order valence-corrected chi connectivity index (χ1v) is 7.28. The highest BCUT2D eigenvalue weighted by Crippen LogP contribution is 2.17. The molecule has 5 nitrogen and oxygen atoms in total. The van der Waals surface area contributed by atoms with Crippen LogP contribution >= 0.6 is 0 Å². The minimum atomic E-state index is -0.108. The number of benzene rings is 1. The molecule has 0 radical (unpaired) electrons. The van der Waals surface area contributed by atoms with E-state index in [1.54, 1.807) is 0 Å². The quantitative estimate of drug-likeness (QED) is 0.721. The van der Waals surface area contributed by atoms with Gasteiger partial charge in [-0.1, -0.05) is 26.0 Å². The molecule has 0 spiro atoms. The fourth-order valence-corrected chi connectivity index (χ4v) is 1.96. The van der Waals surface area contributed by atoms with Crippen LogP contribution in [0.4, 0.5) is 5.69 Å². The Morgan fingerprint density at radius 3 is 2.52 bits per heavy atom. The summed E-state index contributed by atoms with van der Waals surface area (Å²) >= 11 is 0. The maximum absolute atomic E-state index is 11.9. The van der Waals surface area contributed by atoms with E-state index in [0.717, 1.165) is 11.3 Å². The molecule has 5 heteroatoms. The van der Waals surface area contributed by atoms with E-state index in [0.29, 0.717) is 19.0 Å². The lowest BCUT2D eigenvalue weighted by atomic mass is 10.1.